The second kappa shape index (κ2) is 8.30. The summed E-state index contributed by atoms with van der Waals surface area (Å²) < 4.78 is 7.06. The predicted molar refractivity (Wildman–Crippen MR) is 113 cm³/mol. The van der Waals surface area contributed by atoms with Crippen LogP contribution in [0.3, 0.4) is 0 Å². The first-order valence-corrected chi connectivity index (χ1v) is 9.98. The van der Waals surface area contributed by atoms with Gasteiger partial charge >= 0.3 is 5.97 Å². The number of aryl methyl sites for hydroxylation is 3. The van der Waals surface area contributed by atoms with Crippen molar-refractivity contribution in [3.63, 3.8) is 0 Å². The van der Waals surface area contributed by atoms with Crippen molar-refractivity contribution in [2.75, 3.05) is 16.8 Å². The molecule has 3 rings (SSSR count). The highest BCUT2D eigenvalue weighted by molar-refractivity contribution is 6.01. The number of carbonyl (C=O) groups excluding carboxylic acids is 3. The monoisotopic (exact) mass is 412 g/mol. The molecule has 1 fully saturated rings. The van der Waals surface area contributed by atoms with Crippen LogP contribution in [0.15, 0.2) is 18.2 Å². The lowest BCUT2D eigenvalue weighted by Gasteiger charge is -2.20. The van der Waals surface area contributed by atoms with Crippen molar-refractivity contribution >= 4 is 29.2 Å². The third-order valence-electron chi connectivity index (χ3n) is 5.74. The van der Waals surface area contributed by atoms with Crippen molar-refractivity contribution in [1.29, 1.82) is 0 Å². The van der Waals surface area contributed by atoms with Gasteiger partial charge in [-0.3, -0.25) is 19.1 Å². The molecule has 1 aliphatic rings. The molecule has 8 nitrogen and oxygen atoms in total. The van der Waals surface area contributed by atoms with E-state index in [1.807, 2.05) is 39.0 Å². The lowest BCUT2D eigenvalue weighted by Crippen LogP contribution is -2.33. The summed E-state index contributed by atoms with van der Waals surface area (Å²) in [5, 5.41) is 7.03. The van der Waals surface area contributed by atoms with E-state index < -0.39 is 23.9 Å². The lowest BCUT2D eigenvalue weighted by atomic mass is 10.1. The minimum atomic E-state index is -0.985. The Morgan fingerprint density at radius 1 is 1.23 bits per heavy atom. The molecule has 1 saturated heterocycles. The van der Waals surface area contributed by atoms with Gasteiger partial charge in [-0.1, -0.05) is 12.1 Å². The molecule has 2 aromatic rings. The summed E-state index contributed by atoms with van der Waals surface area (Å²) in [6.07, 6.45) is -0.914. The van der Waals surface area contributed by atoms with Crippen LogP contribution in [-0.4, -0.2) is 40.2 Å². The fourth-order valence-electron chi connectivity index (χ4n) is 3.63. The fraction of sp³-hybridized carbons (Fsp3) is 0.455. The second-order valence-corrected chi connectivity index (χ2v) is 7.86. The third-order valence-corrected chi connectivity index (χ3v) is 5.74. The van der Waals surface area contributed by atoms with Gasteiger partial charge in [-0.15, -0.1) is 0 Å². The molecule has 0 spiro atoms. The first kappa shape index (κ1) is 21.5. The Hall–Kier alpha value is -3.16. The Bertz CT molecular complexity index is 1010. The molecule has 1 aromatic carbocycles. The van der Waals surface area contributed by atoms with Crippen molar-refractivity contribution in [1.82, 2.24) is 9.78 Å². The second-order valence-electron chi connectivity index (χ2n) is 7.86. The zero-order chi connectivity index (χ0) is 22.2. The van der Waals surface area contributed by atoms with Crippen molar-refractivity contribution in [2.45, 2.75) is 47.1 Å². The summed E-state index contributed by atoms with van der Waals surface area (Å²) in [7, 11) is 1.79. The van der Waals surface area contributed by atoms with Gasteiger partial charge in [0.25, 0.3) is 5.91 Å². The van der Waals surface area contributed by atoms with Gasteiger partial charge in [0.2, 0.25) is 5.91 Å². The van der Waals surface area contributed by atoms with E-state index in [1.165, 1.54) is 6.92 Å². The van der Waals surface area contributed by atoms with Gasteiger partial charge in [-0.05, 0) is 51.8 Å². The maximum absolute atomic E-state index is 12.6. The topological polar surface area (TPSA) is 93.5 Å². The number of esters is 1. The number of hydrogen-bond donors (Lipinski definition) is 1. The third kappa shape index (κ3) is 4.08. The summed E-state index contributed by atoms with van der Waals surface area (Å²) in [5.41, 5.74) is 5.01. The molecule has 0 bridgehead atoms. The molecule has 2 heterocycles. The summed E-state index contributed by atoms with van der Waals surface area (Å²) in [5.74, 6) is -1.70. The summed E-state index contributed by atoms with van der Waals surface area (Å²) in [6.45, 7) is 9.35. The van der Waals surface area contributed by atoms with E-state index >= 15 is 0 Å². The maximum atomic E-state index is 12.6. The smallest absolute Gasteiger partial charge is 0.312 e. The molecule has 1 aliphatic heterocycles. The number of aromatic nitrogens is 2. The Balaban J connectivity index is 1.64. The van der Waals surface area contributed by atoms with Crippen LogP contribution >= 0.6 is 0 Å². The zero-order valence-electron chi connectivity index (χ0n) is 18.3. The van der Waals surface area contributed by atoms with Crippen LogP contribution in [0, 0.1) is 33.6 Å². The molecule has 160 valence electrons. The fourth-order valence-corrected chi connectivity index (χ4v) is 3.63. The normalized spacial score (nSPS) is 17.2. The van der Waals surface area contributed by atoms with Crippen LogP contribution in [0.5, 0.6) is 0 Å². The van der Waals surface area contributed by atoms with E-state index in [1.54, 1.807) is 23.6 Å². The molecule has 8 heteroatoms. The Morgan fingerprint density at radius 2 is 1.93 bits per heavy atom. The Labute approximate surface area is 176 Å². The first-order chi connectivity index (χ1) is 14.1. The maximum Gasteiger partial charge on any atom is 0.312 e. The minimum Gasteiger partial charge on any atom is -0.452 e. The molecule has 1 aromatic heterocycles. The van der Waals surface area contributed by atoms with E-state index in [2.05, 4.69) is 10.4 Å². The molecule has 2 amide bonds. The van der Waals surface area contributed by atoms with E-state index in [4.69, 9.17) is 4.74 Å². The van der Waals surface area contributed by atoms with E-state index in [9.17, 15) is 14.4 Å². The molecule has 0 aliphatic carbocycles. The average molecular weight is 412 g/mol. The van der Waals surface area contributed by atoms with Gasteiger partial charge in [0.1, 0.15) is 0 Å². The van der Waals surface area contributed by atoms with Crippen LogP contribution in [0.2, 0.25) is 0 Å². The zero-order valence-corrected chi connectivity index (χ0v) is 18.3. The van der Waals surface area contributed by atoms with Crippen LogP contribution in [-0.2, 0) is 26.2 Å². The first-order valence-electron chi connectivity index (χ1n) is 9.98. The molecule has 1 N–H and O–H groups in total. The Morgan fingerprint density at radius 3 is 2.57 bits per heavy atom. The summed E-state index contributed by atoms with van der Waals surface area (Å²) >= 11 is 0. The van der Waals surface area contributed by atoms with Gasteiger partial charge in [0, 0.05) is 25.7 Å². The SMILES string of the molecule is Cc1cccc(N2C[C@H](C(=O)O[C@@H](C)C(=O)Nc3c(C)nn(C)c3C)CC2=O)c1C. The molecular formula is C22H28N4O4. The van der Waals surface area contributed by atoms with Crippen molar-refractivity contribution in [3.05, 3.63) is 40.7 Å². The van der Waals surface area contributed by atoms with Crippen LogP contribution in [0.4, 0.5) is 11.4 Å². The standard InChI is InChI=1S/C22H28N4O4/c1-12-8-7-9-18(13(12)2)26-11-17(10-19(26)27)22(29)30-16(5)21(28)23-20-14(3)24-25(6)15(20)4/h7-9,16-17H,10-11H2,1-6H3,(H,23,28)/t16-,17+/m0/s1. The molecule has 0 saturated carbocycles. The number of nitrogens with zero attached hydrogens (tertiary/aromatic N) is 3. The van der Waals surface area contributed by atoms with Gasteiger partial charge in [0.15, 0.2) is 6.10 Å². The number of nitrogens with one attached hydrogen (secondary N) is 1. The quantitative estimate of drug-likeness (QED) is 0.762. The average Bonchev–Trinajstić information content (AvgIpc) is 3.18. The van der Waals surface area contributed by atoms with Crippen LogP contribution in [0.1, 0.15) is 35.9 Å². The van der Waals surface area contributed by atoms with Gasteiger partial charge < -0.3 is 15.0 Å². The predicted octanol–water partition coefficient (Wildman–Crippen LogP) is 2.58. The van der Waals surface area contributed by atoms with Crippen LogP contribution in [0.25, 0.3) is 0 Å². The minimum absolute atomic E-state index is 0.0708. The van der Waals surface area contributed by atoms with Gasteiger partial charge in [-0.25, -0.2) is 0 Å². The van der Waals surface area contributed by atoms with E-state index in [0.29, 0.717) is 11.4 Å². The number of anilines is 2. The largest absolute Gasteiger partial charge is 0.452 e. The number of rotatable bonds is 5. The molecule has 0 unspecified atom stereocenters. The van der Waals surface area contributed by atoms with Crippen molar-refractivity contribution in [2.24, 2.45) is 13.0 Å². The number of carbonyl (C=O) groups is 3. The van der Waals surface area contributed by atoms with Crippen molar-refractivity contribution in [3.8, 4) is 0 Å². The molecule has 2 atom stereocenters. The Kier molecular flexibility index (Phi) is 5.96. The van der Waals surface area contributed by atoms with Crippen molar-refractivity contribution < 1.29 is 19.1 Å². The highest BCUT2D eigenvalue weighted by atomic mass is 16.5. The van der Waals surface area contributed by atoms with Crippen LogP contribution < -0.4 is 10.2 Å². The number of benzene rings is 1. The lowest BCUT2D eigenvalue weighted by molar-refractivity contribution is -0.157. The number of hydrogen-bond acceptors (Lipinski definition) is 5. The van der Waals surface area contributed by atoms with Gasteiger partial charge in [0.05, 0.1) is 23.0 Å². The van der Waals surface area contributed by atoms with E-state index in [-0.39, 0.29) is 18.9 Å². The summed E-state index contributed by atoms with van der Waals surface area (Å²) in [6, 6.07) is 5.76. The summed E-state index contributed by atoms with van der Waals surface area (Å²) in [4.78, 5) is 39.3. The highest BCUT2D eigenvalue weighted by Crippen LogP contribution is 2.30. The van der Waals surface area contributed by atoms with Gasteiger partial charge in [-0.2, -0.15) is 5.10 Å². The molecule has 30 heavy (non-hydrogen) atoms. The molecule has 0 radical (unpaired) electrons. The number of ether oxygens (including phenoxy) is 1. The highest BCUT2D eigenvalue weighted by Gasteiger charge is 2.38. The number of amides is 2. The van der Waals surface area contributed by atoms with E-state index in [0.717, 1.165) is 22.5 Å². The molecular weight excluding hydrogens is 384 g/mol.